The van der Waals surface area contributed by atoms with Gasteiger partial charge in [0.2, 0.25) is 0 Å². The molecule has 0 aromatic heterocycles. The molecule has 3 saturated heterocycles. The van der Waals surface area contributed by atoms with Gasteiger partial charge in [0, 0.05) is 30.6 Å². The van der Waals surface area contributed by atoms with Gasteiger partial charge < -0.3 is 9.84 Å². The quantitative estimate of drug-likeness (QED) is 0.908. The van der Waals surface area contributed by atoms with Crippen LogP contribution in [0.15, 0.2) is 23.2 Å². The molecule has 0 spiro atoms. The van der Waals surface area contributed by atoms with Crippen molar-refractivity contribution in [2.45, 2.75) is 44.2 Å². The third kappa shape index (κ3) is 1.84. The molecule has 4 heterocycles. The third-order valence-corrected chi connectivity index (χ3v) is 6.98. The first kappa shape index (κ1) is 14.9. The summed E-state index contributed by atoms with van der Waals surface area (Å²) in [7, 11) is 1.68. The van der Waals surface area contributed by atoms with Gasteiger partial charge >= 0.3 is 0 Å². The molecule has 24 heavy (non-hydrogen) atoms. The zero-order valence-electron chi connectivity index (χ0n) is 14.5. The number of fused-ring (bicyclic) bond motifs is 4. The molecule has 6 rings (SSSR count). The molecule has 1 aliphatic carbocycles. The number of hydrogen-bond donors (Lipinski definition) is 1. The first-order chi connectivity index (χ1) is 11.6. The predicted octanol–water partition coefficient (Wildman–Crippen LogP) is 3.11. The van der Waals surface area contributed by atoms with Crippen LogP contribution in [0.5, 0.6) is 5.75 Å². The first-order valence-corrected chi connectivity index (χ1v) is 9.38. The molecular weight excluding hydrogens is 300 g/mol. The highest BCUT2D eigenvalue weighted by Gasteiger charge is 2.56. The van der Waals surface area contributed by atoms with Gasteiger partial charge in [0.15, 0.2) is 0 Å². The molecule has 1 unspecified atom stereocenters. The van der Waals surface area contributed by atoms with E-state index in [-0.39, 0.29) is 0 Å². The van der Waals surface area contributed by atoms with Gasteiger partial charge in [0.1, 0.15) is 11.4 Å². The van der Waals surface area contributed by atoms with Crippen LogP contribution >= 0.6 is 0 Å². The molecule has 1 saturated carbocycles. The Balaban J connectivity index is 1.62. The largest absolute Gasteiger partial charge is 0.497 e. The molecule has 1 N–H and O–H groups in total. The van der Waals surface area contributed by atoms with E-state index < -0.39 is 5.60 Å². The van der Waals surface area contributed by atoms with Crippen molar-refractivity contribution in [1.29, 1.82) is 0 Å². The van der Waals surface area contributed by atoms with Crippen LogP contribution in [-0.4, -0.2) is 42.0 Å². The standard InChI is InChI=1S/C20H26N2O2/c1-3-13-8-12-9-15-18(13)22(11-12)7-6-20(23)16-10-14(24-2)4-5-17(16)21-19(15)20/h4-5,10,12-13,15,18,23H,3,6-9,11H2,1-2H3/t12-,13+,15-,18+,20-/m1/s1. The SMILES string of the molecule is CC[C@H]1C[C@@H]2C[C@H]3C4=Nc5ccc(OC)cc5[C@]4(O)CCN(C2)[C@@H]13. The van der Waals surface area contributed by atoms with Crippen molar-refractivity contribution in [3.63, 3.8) is 0 Å². The van der Waals surface area contributed by atoms with E-state index in [0.717, 1.165) is 47.5 Å². The Hall–Kier alpha value is -1.39. The normalized spacial score (nSPS) is 42.1. The summed E-state index contributed by atoms with van der Waals surface area (Å²) in [4.78, 5) is 7.64. The zero-order valence-corrected chi connectivity index (χ0v) is 14.5. The van der Waals surface area contributed by atoms with Gasteiger partial charge in [0.05, 0.1) is 18.5 Å². The van der Waals surface area contributed by atoms with Crippen LogP contribution in [0.3, 0.4) is 0 Å². The molecule has 4 nitrogen and oxygen atoms in total. The second kappa shape index (κ2) is 5.06. The van der Waals surface area contributed by atoms with Crippen LogP contribution in [0.4, 0.5) is 5.69 Å². The van der Waals surface area contributed by atoms with Crippen molar-refractivity contribution >= 4 is 11.4 Å². The average molecular weight is 326 g/mol. The summed E-state index contributed by atoms with van der Waals surface area (Å²) in [6.07, 6.45) is 4.55. The molecule has 128 valence electrons. The third-order valence-electron chi connectivity index (χ3n) is 6.98. The number of nitrogens with zero attached hydrogens (tertiary/aromatic N) is 2. The summed E-state index contributed by atoms with van der Waals surface area (Å²) in [6, 6.07) is 6.52. The minimum absolute atomic E-state index is 0.411. The van der Waals surface area contributed by atoms with Crippen molar-refractivity contribution in [1.82, 2.24) is 4.90 Å². The lowest BCUT2D eigenvalue weighted by Gasteiger charge is -2.53. The second-order valence-corrected chi connectivity index (χ2v) is 8.09. The first-order valence-electron chi connectivity index (χ1n) is 9.38. The molecule has 1 aromatic rings. The van der Waals surface area contributed by atoms with Crippen molar-refractivity contribution in [2.24, 2.45) is 22.7 Å². The van der Waals surface area contributed by atoms with Crippen LogP contribution in [0.25, 0.3) is 0 Å². The fourth-order valence-corrected chi connectivity index (χ4v) is 5.96. The number of ether oxygens (including phenoxy) is 1. The minimum atomic E-state index is -0.897. The van der Waals surface area contributed by atoms with Crippen molar-refractivity contribution in [2.75, 3.05) is 20.2 Å². The number of aliphatic hydroxyl groups is 1. The highest BCUT2D eigenvalue weighted by molar-refractivity contribution is 6.02. The number of piperidine rings is 2. The molecular formula is C20H26N2O2. The zero-order chi connectivity index (χ0) is 16.5. The monoisotopic (exact) mass is 326 g/mol. The van der Waals surface area contributed by atoms with E-state index in [2.05, 4.69) is 11.8 Å². The number of aliphatic imine (C=N–C) groups is 1. The summed E-state index contributed by atoms with van der Waals surface area (Å²) in [5.74, 6) is 2.74. The van der Waals surface area contributed by atoms with Gasteiger partial charge in [-0.1, -0.05) is 13.3 Å². The topological polar surface area (TPSA) is 45.1 Å². The molecule has 5 aliphatic rings. The summed E-state index contributed by atoms with van der Waals surface area (Å²) in [6.45, 7) is 4.51. The maximum Gasteiger partial charge on any atom is 0.131 e. The van der Waals surface area contributed by atoms with Gasteiger partial charge in [-0.2, -0.15) is 0 Å². The van der Waals surface area contributed by atoms with Gasteiger partial charge in [-0.05, 0) is 49.3 Å². The smallest absolute Gasteiger partial charge is 0.131 e. The second-order valence-electron chi connectivity index (χ2n) is 8.09. The number of benzene rings is 1. The lowest BCUT2D eigenvalue weighted by Crippen LogP contribution is -2.58. The van der Waals surface area contributed by atoms with Crippen molar-refractivity contribution < 1.29 is 9.84 Å². The molecule has 4 bridgehead atoms. The van der Waals surface area contributed by atoms with Crippen LogP contribution in [0.2, 0.25) is 0 Å². The Labute approximate surface area is 143 Å². The number of rotatable bonds is 2. The van der Waals surface area contributed by atoms with Gasteiger partial charge in [-0.3, -0.25) is 9.89 Å². The van der Waals surface area contributed by atoms with Crippen LogP contribution in [-0.2, 0) is 5.60 Å². The lowest BCUT2D eigenvalue weighted by molar-refractivity contribution is -0.0182. The fraction of sp³-hybridized carbons (Fsp3) is 0.650. The molecule has 4 fully saturated rings. The van der Waals surface area contributed by atoms with E-state index in [9.17, 15) is 5.11 Å². The van der Waals surface area contributed by atoms with Crippen LogP contribution < -0.4 is 4.74 Å². The Morgan fingerprint density at radius 2 is 2.25 bits per heavy atom. The van der Waals surface area contributed by atoms with E-state index in [0.29, 0.717) is 12.0 Å². The molecule has 1 aromatic carbocycles. The maximum absolute atomic E-state index is 11.7. The highest BCUT2D eigenvalue weighted by atomic mass is 16.5. The molecule has 4 heteroatoms. The van der Waals surface area contributed by atoms with E-state index in [1.54, 1.807) is 7.11 Å². The Morgan fingerprint density at radius 3 is 3.04 bits per heavy atom. The molecule has 6 atom stereocenters. The average Bonchev–Trinajstić information content (AvgIpc) is 2.88. The van der Waals surface area contributed by atoms with Crippen molar-refractivity contribution in [3.05, 3.63) is 23.8 Å². The van der Waals surface area contributed by atoms with E-state index >= 15 is 0 Å². The lowest BCUT2D eigenvalue weighted by atomic mass is 9.63. The van der Waals surface area contributed by atoms with E-state index in [1.165, 1.54) is 25.8 Å². The molecule has 0 radical (unpaired) electrons. The molecule has 0 amide bonds. The summed E-state index contributed by atoms with van der Waals surface area (Å²) in [5, 5.41) is 11.7. The van der Waals surface area contributed by atoms with Crippen LogP contribution in [0.1, 0.15) is 38.2 Å². The highest BCUT2D eigenvalue weighted by Crippen LogP contribution is 2.53. The summed E-state index contributed by atoms with van der Waals surface area (Å²) >= 11 is 0. The Kier molecular flexibility index (Phi) is 3.14. The van der Waals surface area contributed by atoms with Crippen molar-refractivity contribution in [3.8, 4) is 5.75 Å². The van der Waals surface area contributed by atoms with E-state index in [4.69, 9.17) is 9.73 Å². The Bertz CT molecular complexity index is 716. The van der Waals surface area contributed by atoms with E-state index in [1.807, 2.05) is 18.2 Å². The Morgan fingerprint density at radius 1 is 1.38 bits per heavy atom. The predicted molar refractivity (Wildman–Crippen MR) is 94.0 cm³/mol. The van der Waals surface area contributed by atoms with Gasteiger partial charge in [-0.25, -0.2) is 0 Å². The fourth-order valence-electron chi connectivity index (χ4n) is 5.96. The number of methoxy groups -OCH3 is 1. The van der Waals surface area contributed by atoms with Gasteiger partial charge in [0.25, 0.3) is 0 Å². The summed E-state index contributed by atoms with van der Waals surface area (Å²) < 4.78 is 5.39. The van der Waals surface area contributed by atoms with Gasteiger partial charge in [-0.15, -0.1) is 0 Å². The number of hydrogen-bond acceptors (Lipinski definition) is 4. The van der Waals surface area contributed by atoms with Crippen LogP contribution in [0, 0.1) is 17.8 Å². The molecule has 4 aliphatic heterocycles. The minimum Gasteiger partial charge on any atom is -0.497 e. The summed E-state index contributed by atoms with van der Waals surface area (Å²) in [5.41, 5.74) is 2.04. The maximum atomic E-state index is 11.7.